The van der Waals surface area contributed by atoms with Gasteiger partial charge in [0.15, 0.2) is 0 Å². The van der Waals surface area contributed by atoms with E-state index in [-0.39, 0.29) is 5.91 Å². The first-order valence-corrected chi connectivity index (χ1v) is 9.47. The standard InChI is InChI=1S/C20H23N3OS/c1-14-6-8-15(9-7-14)13-23(2)11-10-19(24)22-20-17(12-21)16-4-3-5-18(16)25-20/h6-9H,3-5,10-11,13H2,1-2H3,(H,22,24). The molecule has 1 aliphatic carbocycles. The van der Waals surface area contributed by atoms with Crippen molar-refractivity contribution in [2.24, 2.45) is 0 Å². The Morgan fingerprint density at radius 2 is 2.08 bits per heavy atom. The number of thiophene rings is 1. The minimum Gasteiger partial charge on any atom is -0.317 e. The van der Waals surface area contributed by atoms with Gasteiger partial charge in [0.05, 0.1) is 5.56 Å². The molecule has 130 valence electrons. The molecule has 1 amide bonds. The summed E-state index contributed by atoms with van der Waals surface area (Å²) >= 11 is 1.57. The summed E-state index contributed by atoms with van der Waals surface area (Å²) in [5.74, 6) is -0.0211. The Balaban J connectivity index is 1.51. The van der Waals surface area contributed by atoms with Gasteiger partial charge in [-0.2, -0.15) is 5.26 Å². The van der Waals surface area contributed by atoms with Crippen LogP contribution in [0.5, 0.6) is 0 Å². The van der Waals surface area contributed by atoms with E-state index in [2.05, 4.69) is 47.5 Å². The Morgan fingerprint density at radius 3 is 2.80 bits per heavy atom. The van der Waals surface area contributed by atoms with Crippen LogP contribution in [0, 0.1) is 18.3 Å². The Kier molecular flexibility index (Phi) is 5.52. The van der Waals surface area contributed by atoms with Gasteiger partial charge in [0.1, 0.15) is 11.1 Å². The maximum atomic E-state index is 12.3. The van der Waals surface area contributed by atoms with Crippen LogP contribution in [0.1, 0.15) is 40.0 Å². The van der Waals surface area contributed by atoms with Gasteiger partial charge in [0, 0.05) is 24.4 Å². The van der Waals surface area contributed by atoms with E-state index in [1.165, 1.54) is 16.0 Å². The zero-order chi connectivity index (χ0) is 17.8. The number of aryl methyl sites for hydroxylation is 2. The molecule has 0 unspecified atom stereocenters. The molecule has 0 aliphatic heterocycles. The molecule has 1 aromatic carbocycles. The third kappa shape index (κ3) is 4.28. The second-order valence-electron chi connectivity index (χ2n) is 6.69. The SMILES string of the molecule is Cc1ccc(CN(C)CCC(=O)Nc2sc3c(c2C#N)CCC3)cc1. The minimum absolute atomic E-state index is 0.0211. The first kappa shape index (κ1) is 17.7. The number of carbonyl (C=O) groups excluding carboxylic acids is 1. The van der Waals surface area contributed by atoms with Crippen LogP contribution in [0.15, 0.2) is 24.3 Å². The van der Waals surface area contributed by atoms with Crippen molar-refractivity contribution >= 4 is 22.2 Å². The van der Waals surface area contributed by atoms with Gasteiger partial charge >= 0.3 is 0 Å². The number of rotatable bonds is 6. The van der Waals surface area contributed by atoms with Crippen LogP contribution < -0.4 is 5.32 Å². The highest BCUT2D eigenvalue weighted by Gasteiger charge is 2.23. The van der Waals surface area contributed by atoms with Crippen LogP contribution >= 0.6 is 11.3 Å². The maximum absolute atomic E-state index is 12.3. The van der Waals surface area contributed by atoms with Crippen molar-refractivity contribution in [3.05, 3.63) is 51.4 Å². The second-order valence-corrected chi connectivity index (χ2v) is 7.80. The molecule has 4 nitrogen and oxygen atoms in total. The Morgan fingerprint density at radius 1 is 1.32 bits per heavy atom. The lowest BCUT2D eigenvalue weighted by molar-refractivity contribution is -0.116. The predicted octanol–water partition coefficient (Wildman–Crippen LogP) is 3.88. The number of hydrogen-bond donors (Lipinski definition) is 1. The van der Waals surface area contributed by atoms with E-state index >= 15 is 0 Å². The van der Waals surface area contributed by atoms with Gasteiger partial charge in [-0.25, -0.2) is 0 Å². The lowest BCUT2D eigenvalue weighted by atomic mass is 10.1. The van der Waals surface area contributed by atoms with E-state index in [1.807, 2.05) is 7.05 Å². The Labute approximate surface area is 153 Å². The van der Waals surface area contributed by atoms with Gasteiger partial charge < -0.3 is 10.2 Å². The highest BCUT2D eigenvalue weighted by molar-refractivity contribution is 7.16. The number of amides is 1. The normalized spacial score (nSPS) is 12.9. The summed E-state index contributed by atoms with van der Waals surface area (Å²) in [6.07, 6.45) is 3.54. The smallest absolute Gasteiger partial charge is 0.226 e. The number of carbonyl (C=O) groups is 1. The van der Waals surface area contributed by atoms with Gasteiger partial charge in [-0.1, -0.05) is 29.8 Å². The van der Waals surface area contributed by atoms with E-state index in [4.69, 9.17) is 0 Å². The Bertz CT molecular complexity index is 802. The van der Waals surface area contributed by atoms with Crippen molar-refractivity contribution in [1.82, 2.24) is 4.90 Å². The maximum Gasteiger partial charge on any atom is 0.226 e. The van der Waals surface area contributed by atoms with Crippen molar-refractivity contribution in [2.45, 2.75) is 39.2 Å². The van der Waals surface area contributed by atoms with Crippen LogP contribution in [0.4, 0.5) is 5.00 Å². The molecule has 0 saturated heterocycles. The minimum atomic E-state index is -0.0211. The molecule has 0 fully saturated rings. The fourth-order valence-corrected chi connectivity index (χ4v) is 4.43. The highest BCUT2D eigenvalue weighted by Crippen LogP contribution is 2.38. The number of nitrogens with zero attached hydrogens (tertiary/aromatic N) is 2. The Hall–Kier alpha value is -2.16. The van der Waals surface area contributed by atoms with Gasteiger partial charge in [0.2, 0.25) is 5.91 Å². The van der Waals surface area contributed by atoms with Crippen LogP contribution in [0.3, 0.4) is 0 Å². The molecule has 1 N–H and O–H groups in total. The summed E-state index contributed by atoms with van der Waals surface area (Å²) in [6.45, 7) is 3.59. The van der Waals surface area contributed by atoms with E-state index in [9.17, 15) is 10.1 Å². The van der Waals surface area contributed by atoms with Crippen LogP contribution in [0.25, 0.3) is 0 Å². The molecule has 1 heterocycles. The topological polar surface area (TPSA) is 56.1 Å². The van der Waals surface area contributed by atoms with Crippen molar-refractivity contribution in [1.29, 1.82) is 5.26 Å². The zero-order valence-corrected chi connectivity index (χ0v) is 15.6. The lowest BCUT2D eigenvalue weighted by Crippen LogP contribution is -2.24. The number of nitriles is 1. The van der Waals surface area contributed by atoms with Gasteiger partial charge in [-0.3, -0.25) is 4.79 Å². The molecule has 1 aliphatic rings. The molecular weight excluding hydrogens is 330 g/mol. The monoisotopic (exact) mass is 353 g/mol. The number of anilines is 1. The number of fused-ring (bicyclic) bond motifs is 1. The van der Waals surface area contributed by atoms with E-state index in [0.717, 1.165) is 36.4 Å². The number of nitrogens with one attached hydrogen (secondary N) is 1. The molecule has 5 heteroatoms. The lowest BCUT2D eigenvalue weighted by Gasteiger charge is -2.16. The molecule has 0 spiro atoms. The molecule has 1 aromatic heterocycles. The average Bonchev–Trinajstić information content (AvgIpc) is 3.15. The predicted molar refractivity (Wildman–Crippen MR) is 102 cm³/mol. The average molecular weight is 353 g/mol. The third-order valence-electron chi connectivity index (χ3n) is 4.58. The molecule has 0 bridgehead atoms. The van der Waals surface area contributed by atoms with Crippen molar-refractivity contribution < 1.29 is 4.79 Å². The van der Waals surface area contributed by atoms with Crippen molar-refractivity contribution in [3.8, 4) is 6.07 Å². The summed E-state index contributed by atoms with van der Waals surface area (Å²) < 4.78 is 0. The van der Waals surface area contributed by atoms with Gasteiger partial charge in [-0.05, 0) is 44.4 Å². The van der Waals surface area contributed by atoms with Crippen molar-refractivity contribution in [2.75, 3.05) is 18.9 Å². The van der Waals surface area contributed by atoms with Gasteiger partial charge in [-0.15, -0.1) is 11.3 Å². The van der Waals surface area contributed by atoms with Crippen LogP contribution in [-0.4, -0.2) is 24.4 Å². The summed E-state index contributed by atoms with van der Waals surface area (Å²) in [7, 11) is 2.02. The molecule has 3 rings (SSSR count). The first-order chi connectivity index (χ1) is 12.1. The fraction of sp³-hybridized carbons (Fsp3) is 0.400. The third-order valence-corrected chi connectivity index (χ3v) is 5.79. The fourth-order valence-electron chi connectivity index (χ4n) is 3.18. The second kappa shape index (κ2) is 7.81. The van der Waals surface area contributed by atoms with Crippen molar-refractivity contribution in [3.63, 3.8) is 0 Å². The summed E-state index contributed by atoms with van der Waals surface area (Å²) in [5.41, 5.74) is 4.33. The zero-order valence-electron chi connectivity index (χ0n) is 14.8. The largest absolute Gasteiger partial charge is 0.317 e. The highest BCUT2D eigenvalue weighted by atomic mass is 32.1. The van der Waals surface area contributed by atoms with E-state index in [1.54, 1.807) is 11.3 Å². The quantitative estimate of drug-likeness (QED) is 0.857. The molecule has 0 saturated carbocycles. The summed E-state index contributed by atoms with van der Waals surface area (Å²) in [6, 6.07) is 10.7. The molecule has 2 aromatic rings. The number of hydrogen-bond acceptors (Lipinski definition) is 4. The molecular formula is C20H23N3OS. The van der Waals surface area contributed by atoms with Crippen LogP contribution in [0.2, 0.25) is 0 Å². The molecule has 25 heavy (non-hydrogen) atoms. The molecule has 0 atom stereocenters. The van der Waals surface area contributed by atoms with Gasteiger partial charge in [0.25, 0.3) is 0 Å². The molecule has 0 radical (unpaired) electrons. The van der Waals surface area contributed by atoms with E-state index in [0.29, 0.717) is 18.5 Å². The summed E-state index contributed by atoms with van der Waals surface area (Å²) in [4.78, 5) is 15.7. The number of benzene rings is 1. The van der Waals surface area contributed by atoms with E-state index < -0.39 is 0 Å². The summed E-state index contributed by atoms with van der Waals surface area (Å²) in [5, 5.41) is 13.1. The first-order valence-electron chi connectivity index (χ1n) is 8.65. The van der Waals surface area contributed by atoms with Crippen LogP contribution in [-0.2, 0) is 24.2 Å².